The van der Waals surface area contributed by atoms with E-state index in [1.54, 1.807) is 11.1 Å². The van der Waals surface area contributed by atoms with Crippen LogP contribution in [0.15, 0.2) is 41.3 Å². The van der Waals surface area contributed by atoms with Crippen molar-refractivity contribution in [2.75, 3.05) is 44.7 Å². The monoisotopic (exact) mass is 403 g/mol. The normalized spacial score (nSPS) is 15.1. The van der Waals surface area contributed by atoms with Gasteiger partial charge in [0, 0.05) is 39.3 Å². The van der Waals surface area contributed by atoms with E-state index >= 15 is 0 Å². The molecule has 1 fully saturated rings. The van der Waals surface area contributed by atoms with Crippen LogP contribution in [0.2, 0.25) is 5.02 Å². The first-order valence-electron chi connectivity index (χ1n) is 9.44. The molecule has 0 bridgehead atoms. The van der Waals surface area contributed by atoms with Crippen molar-refractivity contribution in [2.45, 2.75) is 19.9 Å². The maximum atomic E-state index is 12.7. The Morgan fingerprint density at radius 1 is 1.18 bits per heavy atom. The number of carbonyl (C=O) groups is 1. The number of amides is 1. The molecular formula is C20H26ClN5O2. The Hall–Kier alpha value is -2.38. The summed E-state index contributed by atoms with van der Waals surface area (Å²) < 4.78 is 1.31. The Morgan fingerprint density at radius 3 is 2.43 bits per heavy atom. The van der Waals surface area contributed by atoms with Crippen LogP contribution in [0.25, 0.3) is 5.69 Å². The van der Waals surface area contributed by atoms with Crippen molar-refractivity contribution in [1.29, 1.82) is 0 Å². The van der Waals surface area contributed by atoms with Crippen LogP contribution < -0.4 is 10.5 Å². The first-order chi connectivity index (χ1) is 13.4. The SMILES string of the molecule is CC(C)N(C)C(=O)CN1CCN(c2cnn(-c3ccccc3)c(=O)c2Cl)CC1. The summed E-state index contributed by atoms with van der Waals surface area (Å²) in [6.07, 6.45) is 1.64. The molecule has 1 amide bonds. The van der Waals surface area contributed by atoms with Crippen LogP contribution in [-0.4, -0.2) is 71.3 Å². The number of nitrogens with zero attached hydrogens (tertiary/aromatic N) is 5. The largest absolute Gasteiger partial charge is 0.366 e. The lowest BCUT2D eigenvalue weighted by atomic mass is 10.2. The number of aromatic nitrogens is 2. The quantitative estimate of drug-likeness (QED) is 0.762. The Balaban J connectivity index is 1.67. The van der Waals surface area contributed by atoms with E-state index < -0.39 is 0 Å². The smallest absolute Gasteiger partial charge is 0.292 e. The zero-order chi connectivity index (χ0) is 20.3. The van der Waals surface area contributed by atoms with Crippen molar-refractivity contribution in [1.82, 2.24) is 19.6 Å². The summed E-state index contributed by atoms with van der Waals surface area (Å²) in [5.74, 6) is 0.119. The Kier molecular flexibility index (Phi) is 6.36. The number of halogens is 1. The van der Waals surface area contributed by atoms with Gasteiger partial charge in [-0.15, -0.1) is 0 Å². The number of hydrogen-bond donors (Lipinski definition) is 0. The van der Waals surface area contributed by atoms with Crippen molar-refractivity contribution in [3.05, 3.63) is 51.9 Å². The van der Waals surface area contributed by atoms with Gasteiger partial charge in [0.1, 0.15) is 5.02 Å². The van der Waals surface area contributed by atoms with Gasteiger partial charge < -0.3 is 9.80 Å². The molecule has 0 aliphatic carbocycles. The van der Waals surface area contributed by atoms with Gasteiger partial charge in [-0.2, -0.15) is 9.78 Å². The van der Waals surface area contributed by atoms with E-state index in [0.717, 1.165) is 13.1 Å². The second-order valence-corrected chi connectivity index (χ2v) is 7.64. The number of carbonyl (C=O) groups excluding carboxylic acids is 1. The first-order valence-corrected chi connectivity index (χ1v) is 9.82. The molecule has 1 saturated heterocycles. The number of likely N-dealkylation sites (N-methyl/N-ethyl adjacent to an activating group) is 1. The van der Waals surface area contributed by atoms with E-state index in [1.807, 2.05) is 51.2 Å². The number of benzene rings is 1. The molecule has 2 aromatic rings. The highest BCUT2D eigenvalue weighted by molar-refractivity contribution is 6.33. The minimum Gasteiger partial charge on any atom is -0.366 e. The number of hydrogen-bond acceptors (Lipinski definition) is 5. The van der Waals surface area contributed by atoms with Gasteiger partial charge in [-0.3, -0.25) is 14.5 Å². The van der Waals surface area contributed by atoms with Crippen molar-refractivity contribution in [2.24, 2.45) is 0 Å². The van der Waals surface area contributed by atoms with Gasteiger partial charge >= 0.3 is 0 Å². The molecule has 0 atom stereocenters. The molecule has 0 unspecified atom stereocenters. The van der Waals surface area contributed by atoms with Crippen molar-refractivity contribution in [3.63, 3.8) is 0 Å². The van der Waals surface area contributed by atoms with Crippen LogP contribution in [0.3, 0.4) is 0 Å². The predicted molar refractivity (Wildman–Crippen MR) is 111 cm³/mol. The molecule has 3 rings (SSSR count). The van der Waals surface area contributed by atoms with Crippen LogP contribution >= 0.6 is 11.6 Å². The van der Waals surface area contributed by atoms with E-state index in [0.29, 0.717) is 31.0 Å². The molecule has 1 aliphatic heterocycles. The van der Waals surface area contributed by atoms with E-state index in [4.69, 9.17) is 11.6 Å². The number of rotatable bonds is 5. The van der Waals surface area contributed by atoms with Crippen LogP contribution in [0.4, 0.5) is 5.69 Å². The topological polar surface area (TPSA) is 61.7 Å². The van der Waals surface area contributed by atoms with Gasteiger partial charge in [0.05, 0.1) is 24.1 Å². The third-order valence-electron chi connectivity index (χ3n) is 5.14. The molecular weight excluding hydrogens is 378 g/mol. The molecule has 0 N–H and O–H groups in total. The van der Waals surface area contributed by atoms with Gasteiger partial charge in [0.2, 0.25) is 5.91 Å². The van der Waals surface area contributed by atoms with Crippen molar-refractivity contribution in [3.8, 4) is 5.69 Å². The molecule has 0 spiro atoms. The summed E-state index contributed by atoms with van der Waals surface area (Å²) in [5, 5.41) is 4.47. The number of piperazine rings is 1. The maximum absolute atomic E-state index is 12.7. The fourth-order valence-corrected chi connectivity index (χ4v) is 3.38. The summed E-state index contributed by atoms with van der Waals surface area (Å²) in [4.78, 5) is 30.9. The molecule has 0 saturated carbocycles. The van der Waals surface area contributed by atoms with Gasteiger partial charge in [-0.05, 0) is 26.0 Å². The maximum Gasteiger partial charge on any atom is 0.292 e. The van der Waals surface area contributed by atoms with E-state index in [-0.39, 0.29) is 22.5 Å². The summed E-state index contributed by atoms with van der Waals surface area (Å²) in [5.41, 5.74) is 0.990. The van der Waals surface area contributed by atoms with Gasteiger partial charge in [0.15, 0.2) is 0 Å². The molecule has 150 valence electrons. The second-order valence-electron chi connectivity index (χ2n) is 7.26. The van der Waals surface area contributed by atoms with Crippen molar-refractivity contribution >= 4 is 23.2 Å². The van der Waals surface area contributed by atoms with Crippen LogP contribution in [0, 0.1) is 0 Å². The summed E-state index contributed by atoms with van der Waals surface area (Å²) in [6.45, 7) is 7.25. The minimum atomic E-state index is -0.332. The summed E-state index contributed by atoms with van der Waals surface area (Å²) in [7, 11) is 1.83. The second kappa shape index (κ2) is 8.75. The highest BCUT2D eigenvalue weighted by Gasteiger charge is 2.24. The molecule has 2 heterocycles. The van der Waals surface area contributed by atoms with Crippen LogP contribution in [0.5, 0.6) is 0 Å². The highest BCUT2D eigenvalue weighted by Crippen LogP contribution is 2.23. The fourth-order valence-electron chi connectivity index (χ4n) is 3.14. The average Bonchev–Trinajstić information content (AvgIpc) is 2.70. The van der Waals surface area contributed by atoms with Gasteiger partial charge in [0.25, 0.3) is 5.56 Å². The standard InChI is InChI=1S/C20H26ClN5O2/c1-15(2)23(3)18(27)14-24-9-11-25(12-10-24)17-13-22-26(20(28)19(17)21)16-7-5-4-6-8-16/h4-8,13,15H,9-12,14H2,1-3H3. The Labute approximate surface area is 170 Å². The average molecular weight is 404 g/mol. The summed E-state index contributed by atoms with van der Waals surface area (Å²) in [6, 6.07) is 9.40. The highest BCUT2D eigenvalue weighted by atomic mass is 35.5. The molecule has 1 aromatic carbocycles. The van der Waals surface area contributed by atoms with E-state index in [1.165, 1.54) is 4.68 Å². The molecule has 0 radical (unpaired) electrons. The Morgan fingerprint density at radius 2 is 1.82 bits per heavy atom. The lowest BCUT2D eigenvalue weighted by molar-refractivity contribution is -0.132. The molecule has 28 heavy (non-hydrogen) atoms. The zero-order valence-corrected chi connectivity index (χ0v) is 17.3. The lowest BCUT2D eigenvalue weighted by Gasteiger charge is -2.36. The number of anilines is 1. The predicted octanol–water partition coefficient (Wildman–Crippen LogP) is 1.87. The van der Waals surface area contributed by atoms with Gasteiger partial charge in [-0.25, -0.2) is 0 Å². The fraction of sp³-hybridized carbons (Fsp3) is 0.450. The molecule has 8 heteroatoms. The molecule has 1 aromatic heterocycles. The third kappa shape index (κ3) is 4.36. The first kappa shape index (κ1) is 20.4. The van der Waals surface area contributed by atoms with E-state index in [9.17, 15) is 9.59 Å². The summed E-state index contributed by atoms with van der Waals surface area (Å²) >= 11 is 6.39. The van der Waals surface area contributed by atoms with Crippen LogP contribution in [-0.2, 0) is 4.79 Å². The Bertz CT molecular complexity index is 876. The van der Waals surface area contributed by atoms with Gasteiger partial charge in [-0.1, -0.05) is 29.8 Å². The van der Waals surface area contributed by atoms with E-state index in [2.05, 4.69) is 14.9 Å². The molecule has 1 aliphatic rings. The van der Waals surface area contributed by atoms with Crippen LogP contribution in [0.1, 0.15) is 13.8 Å². The van der Waals surface area contributed by atoms with Crippen molar-refractivity contribution < 1.29 is 4.79 Å². The molecule has 7 nitrogen and oxygen atoms in total. The minimum absolute atomic E-state index is 0.119. The number of para-hydroxylation sites is 1. The lowest BCUT2D eigenvalue weighted by Crippen LogP contribution is -2.50. The zero-order valence-electron chi connectivity index (χ0n) is 16.5. The third-order valence-corrected chi connectivity index (χ3v) is 5.50.